The van der Waals surface area contributed by atoms with E-state index in [1.54, 1.807) is 23.3 Å². The van der Waals surface area contributed by atoms with E-state index in [2.05, 4.69) is 30.4 Å². The first-order chi connectivity index (χ1) is 9.77. The molecule has 2 aromatic rings. The highest BCUT2D eigenvalue weighted by molar-refractivity contribution is 9.10. The maximum absolute atomic E-state index is 12.0. The molecule has 2 aromatic heterocycles. The van der Waals surface area contributed by atoms with E-state index in [1.807, 2.05) is 40.0 Å². The summed E-state index contributed by atoms with van der Waals surface area (Å²) in [7, 11) is -1.28. The van der Waals surface area contributed by atoms with Crippen molar-refractivity contribution in [2.75, 3.05) is 0 Å². The Morgan fingerprint density at radius 3 is 2.67 bits per heavy atom. The topological polar surface area (TPSA) is 60.1 Å². The van der Waals surface area contributed by atoms with Crippen molar-refractivity contribution < 1.29 is 4.21 Å². The van der Waals surface area contributed by atoms with Gasteiger partial charge >= 0.3 is 0 Å². The van der Waals surface area contributed by atoms with Gasteiger partial charge in [-0.15, -0.1) is 0 Å². The largest absolute Gasteiger partial charge is 0.261 e. The van der Waals surface area contributed by atoms with Crippen molar-refractivity contribution in [3.05, 3.63) is 40.9 Å². The predicted octanol–water partition coefficient (Wildman–Crippen LogP) is 3.30. The van der Waals surface area contributed by atoms with Crippen LogP contribution in [0.5, 0.6) is 0 Å². The molecule has 2 heterocycles. The molecule has 0 aliphatic heterocycles. The van der Waals surface area contributed by atoms with Crippen LogP contribution in [0, 0.1) is 0 Å². The molecule has 0 aliphatic rings. The third-order valence-electron chi connectivity index (χ3n) is 2.70. The quantitative estimate of drug-likeness (QED) is 0.780. The fourth-order valence-electron chi connectivity index (χ4n) is 1.49. The zero-order valence-electron chi connectivity index (χ0n) is 12.4. The monoisotopic (exact) mass is 368 g/mol. The number of hydrogen-bond acceptors (Lipinski definition) is 3. The molecular weight excluding hydrogens is 352 g/mol. The van der Waals surface area contributed by atoms with Crippen LogP contribution in [-0.4, -0.2) is 29.4 Å². The average molecular weight is 369 g/mol. The Morgan fingerprint density at radius 1 is 1.33 bits per heavy atom. The maximum atomic E-state index is 12.0. The molecule has 5 nitrogen and oxygen atoms in total. The van der Waals surface area contributed by atoms with Crippen LogP contribution in [0.2, 0.25) is 0 Å². The van der Waals surface area contributed by atoms with Gasteiger partial charge < -0.3 is 0 Å². The number of hydrogen-bond donors (Lipinski definition) is 0. The van der Waals surface area contributed by atoms with E-state index in [4.69, 9.17) is 0 Å². The molecule has 112 valence electrons. The summed E-state index contributed by atoms with van der Waals surface area (Å²) < 4.78 is 18.5. The number of pyridine rings is 1. The zero-order valence-corrected chi connectivity index (χ0v) is 14.8. The van der Waals surface area contributed by atoms with Crippen LogP contribution >= 0.6 is 15.9 Å². The third kappa shape index (κ3) is 4.07. The second-order valence-corrected chi connectivity index (χ2v) is 8.39. The molecule has 0 fully saturated rings. The van der Waals surface area contributed by atoms with E-state index in [0.29, 0.717) is 5.71 Å². The van der Waals surface area contributed by atoms with E-state index < -0.39 is 11.0 Å². The number of nitrogens with zero attached hydrogens (tertiary/aromatic N) is 4. The van der Waals surface area contributed by atoms with Crippen LogP contribution in [0.1, 0.15) is 33.3 Å². The first-order valence-electron chi connectivity index (χ1n) is 6.40. The summed E-state index contributed by atoms with van der Waals surface area (Å²) in [6, 6.07) is 1.92. The van der Waals surface area contributed by atoms with Gasteiger partial charge in [-0.05, 0) is 49.7 Å². The highest BCUT2D eigenvalue weighted by Crippen LogP contribution is 2.16. The highest BCUT2D eigenvalue weighted by Gasteiger charge is 2.19. The fraction of sp³-hybridized carbons (Fsp3) is 0.357. The number of aromatic nitrogens is 3. The Labute approximate surface area is 135 Å². The zero-order chi connectivity index (χ0) is 15.6. The minimum absolute atomic E-state index is 0.370. The van der Waals surface area contributed by atoms with Crippen molar-refractivity contribution in [2.45, 2.75) is 32.4 Å². The van der Waals surface area contributed by atoms with Gasteiger partial charge in [0.25, 0.3) is 0 Å². The standard InChI is InChI=1S/C14H17BrN4OS/c1-10(18-21(20)14(2,3)4)11-6-17-19(9-11)13-5-12(15)7-16-8-13/h5-9H,1-4H3. The van der Waals surface area contributed by atoms with E-state index in [9.17, 15) is 4.21 Å². The molecule has 0 aromatic carbocycles. The van der Waals surface area contributed by atoms with Gasteiger partial charge in [0.2, 0.25) is 0 Å². The van der Waals surface area contributed by atoms with E-state index in [-0.39, 0.29) is 4.75 Å². The van der Waals surface area contributed by atoms with Gasteiger partial charge in [-0.3, -0.25) is 4.98 Å². The van der Waals surface area contributed by atoms with E-state index in [0.717, 1.165) is 15.7 Å². The lowest BCUT2D eigenvalue weighted by atomic mass is 10.2. The van der Waals surface area contributed by atoms with Crippen molar-refractivity contribution in [2.24, 2.45) is 4.40 Å². The van der Waals surface area contributed by atoms with Gasteiger partial charge in [0.05, 0.1) is 28.5 Å². The molecular formula is C14H17BrN4OS. The summed E-state index contributed by atoms with van der Waals surface area (Å²) in [5.41, 5.74) is 2.39. The first kappa shape index (κ1) is 16.0. The minimum Gasteiger partial charge on any atom is -0.261 e. The lowest BCUT2D eigenvalue weighted by molar-refractivity contribution is 0.650. The van der Waals surface area contributed by atoms with E-state index >= 15 is 0 Å². The van der Waals surface area contributed by atoms with Crippen LogP contribution < -0.4 is 0 Å². The summed E-state index contributed by atoms with van der Waals surface area (Å²) in [5, 5.41) is 4.29. The minimum atomic E-state index is -1.28. The van der Waals surface area contributed by atoms with Crippen LogP contribution in [0.15, 0.2) is 39.7 Å². The summed E-state index contributed by atoms with van der Waals surface area (Å²) in [5.74, 6) is 0. The molecule has 0 aliphatic carbocycles. The normalized spacial score (nSPS) is 14.2. The molecule has 0 bridgehead atoms. The van der Waals surface area contributed by atoms with Gasteiger partial charge in [-0.2, -0.15) is 9.50 Å². The fourth-order valence-corrected chi connectivity index (χ4v) is 2.47. The molecule has 0 amide bonds. The van der Waals surface area contributed by atoms with Gasteiger partial charge in [-0.1, -0.05) is 0 Å². The molecule has 2 rings (SSSR count). The van der Waals surface area contributed by atoms with Crippen molar-refractivity contribution in [3.8, 4) is 5.69 Å². The average Bonchev–Trinajstić information content (AvgIpc) is 2.87. The lowest BCUT2D eigenvalue weighted by Crippen LogP contribution is -2.20. The summed E-state index contributed by atoms with van der Waals surface area (Å²) >= 11 is 3.38. The molecule has 1 atom stereocenters. The first-order valence-corrected chi connectivity index (χ1v) is 8.30. The van der Waals surface area contributed by atoms with Gasteiger partial charge in [-0.25, -0.2) is 8.89 Å². The molecule has 0 spiro atoms. The number of rotatable bonds is 3. The van der Waals surface area contributed by atoms with Gasteiger partial charge in [0.1, 0.15) is 11.0 Å². The predicted molar refractivity (Wildman–Crippen MR) is 89.2 cm³/mol. The molecule has 0 saturated carbocycles. The highest BCUT2D eigenvalue weighted by atomic mass is 79.9. The molecule has 21 heavy (non-hydrogen) atoms. The Balaban J connectivity index is 2.28. The van der Waals surface area contributed by atoms with Gasteiger partial charge in [0.15, 0.2) is 0 Å². The molecule has 7 heteroatoms. The summed E-state index contributed by atoms with van der Waals surface area (Å²) in [6.07, 6.45) is 7.00. The summed E-state index contributed by atoms with van der Waals surface area (Å²) in [4.78, 5) is 4.11. The van der Waals surface area contributed by atoms with Gasteiger partial charge in [0, 0.05) is 22.4 Å². The molecule has 0 radical (unpaired) electrons. The van der Waals surface area contributed by atoms with Crippen molar-refractivity contribution in [3.63, 3.8) is 0 Å². The van der Waals surface area contributed by atoms with Crippen molar-refractivity contribution in [1.82, 2.24) is 14.8 Å². The Hall–Kier alpha value is -1.34. The van der Waals surface area contributed by atoms with Crippen LogP contribution in [0.4, 0.5) is 0 Å². The lowest BCUT2D eigenvalue weighted by Gasteiger charge is -2.13. The summed E-state index contributed by atoms with van der Waals surface area (Å²) in [6.45, 7) is 7.54. The Kier molecular flexibility index (Phi) is 4.73. The van der Waals surface area contributed by atoms with E-state index in [1.165, 1.54) is 0 Å². The Bertz CT molecular complexity index is 703. The SMILES string of the molecule is CC(=NS(=O)C(C)(C)C)c1cnn(-c2cncc(Br)c2)c1. The molecule has 0 saturated heterocycles. The molecule has 1 unspecified atom stereocenters. The van der Waals surface area contributed by atoms with Crippen LogP contribution in [-0.2, 0) is 11.0 Å². The molecule has 0 N–H and O–H groups in total. The van der Waals surface area contributed by atoms with Crippen LogP contribution in [0.25, 0.3) is 5.69 Å². The second kappa shape index (κ2) is 6.19. The maximum Gasteiger partial charge on any atom is 0.145 e. The third-order valence-corrected chi connectivity index (χ3v) is 4.62. The van der Waals surface area contributed by atoms with Crippen molar-refractivity contribution in [1.29, 1.82) is 0 Å². The van der Waals surface area contributed by atoms with Crippen molar-refractivity contribution >= 4 is 32.6 Å². The number of halogens is 1. The van der Waals surface area contributed by atoms with Crippen LogP contribution in [0.3, 0.4) is 0 Å². The second-order valence-electron chi connectivity index (χ2n) is 5.57. The Morgan fingerprint density at radius 2 is 2.05 bits per heavy atom. The smallest absolute Gasteiger partial charge is 0.145 e.